The molecule has 2 aromatic rings. The Morgan fingerprint density at radius 1 is 1.00 bits per heavy atom. The number of amides is 2. The number of anilines is 1. The molecule has 1 aromatic heterocycles. The standard InChI is InChI=1S/C25H32N4O4/c1-15-11-13-27(14-12-15)21-20(19-16(2)26-29(23(19)31)25(3,4)5)22(30)28(24(21)32)17-7-9-18(33-6)10-8-17/h7-10,15,26H,11-14H2,1-6H3. The number of H-pyrrole nitrogens is 1. The normalized spacial score (nSPS) is 18.0. The molecule has 2 aliphatic rings. The lowest BCUT2D eigenvalue weighted by atomic mass is 9.97. The van der Waals surface area contributed by atoms with E-state index >= 15 is 0 Å². The Labute approximate surface area is 193 Å². The van der Waals surface area contributed by atoms with Crippen molar-refractivity contribution in [2.45, 2.75) is 53.0 Å². The number of aryl methyl sites for hydroxylation is 1. The minimum atomic E-state index is -0.497. The smallest absolute Gasteiger partial charge is 0.282 e. The average Bonchev–Trinajstić information content (AvgIpc) is 3.20. The van der Waals surface area contributed by atoms with E-state index in [-0.39, 0.29) is 16.7 Å². The van der Waals surface area contributed by atoms with Gasteiger partial charge in [0.15, 0.2) is 0 Å². The van der Waals surface area contributed by atoms with Crippen molar-refractivity contribution in [3.05, 3.63) is 51.6 Å². The number of benzene rings is 1. The van der Waals surface area contributed by atoms with Crippen LogP contribution in [0.1, 0.15) is 51.8 Å². The Morgan fingerprint density at radius 2 is 1.61 bits per heavy atom. The fourth-order valence-electron chi connectivity index (χ4n) is 4.55. The minimum absolute atomic E-state index is 0.187. The van der Waals surface area contributed by atoms with Gasteiger partial charge in [0, 0.05) is 18.8 Å². The summed E-state index contributed by atoms with van der Waals surface area (Å²) in [7, 11) is 1.56. The summed E-state index contributed by atoms with van der Waals surface area (Å²) >= 11 is 0. The fraction of sp³-hybridized carbons (Fsp3) is 0.480. The first kappa shape index (κ1) is 22.9. The van der Waals surface area contributed by atoms with E-state index in [1.807, 2.05) is 25.7 Å². The number of piperidine rings is 1. The van der Waals surface area contributed by atoms with Gasteiger partial charge in [-0.05, 0) is 70.7 Å². The number of likely N-dealkylation sites (tertiary alicyclic amines) is 1. The molecule has 0 unspecified atom stereocenters. The number of aromatic amines is 1. The van der Waals surface area contributed by atoms with Crippen LogP contribution < -0.4 is 15.2 Å². The number of ether oxygens (including phenoxy) is 1. The summed E-state index contributed by atoms with van der Waals surface area (Å²) in [5.41, 5.74) is 1.01. The third-order valence-electron chi connectivity index (χ3n) is 6.48. The fourth-order valence-corrected chi connectivity index (χ4v) is 4.55. The predicted octanol–water partition coefficient (Wildman–Crippen LogP) is 3.26. The van der Waals surface area contributed by atoms with E-state index in [1.165, 1.54) is 9.58 Å². The van der Waals surface area contributed by atoms with E-state index in [0.29, 0.717) is 41.8 Å². The third kappa shape index (κ3) is 3.87. The van der Waals surface area contributed by atoms with Gasteiger partial charge in [-0.1, -0.05) is 6.92 Å². The molecular formula is C25H32N4O4. The highest BCUT2D eigenvalue weighted by atomic mass is 16.5. The molecule has 2 aliphatic heterocycles. The number of imide groups is 1. The Morgan fingerprint density at radius 3 is 2.12 bits per heavy atom. The third-order valence-corrected chi connectivity index (χ3v) is 6.48. The number of hydrogen-bond donors (Lipinski definition) is 1. The molecule has 8 nitrogen and oxygen atoms in total. The first-order valence-electron chi connectivity index (χ1n) is 11.4. The lowest BCUT2D eigenvalue weighted by Crippen LogP contribution is -2.38. The number of nitrogens with zero attached hydrogens (tertiary/aromatic N) is 3. The summed E-state index contributed by atoms with van der Waals surface area (Å²) in [5.74, 6) is 0.323. The molecular weight excluding hydrogens is 420 g/mol. The molecule has 0 spiro atoms. The summed E-state index contributed by atoms with van der Waals surface area (Å²) in [6.45, 7) is 11.1. The summed E-state index contributed by atoms with van der Waals surface area (Å²) in [6, 6.07) is 6.80. The number of aromatic nitrogens is 2. The van der Waals surface area contributed by atoms with Crippen LogP contribution in [0.4, 0.5) is 5.69 Å². The molecule has 0 bridgehead atoms. The SMILES string of the molecule is COc1ccc(N2C(=O)C(c3c(C)[nH]n(C(C)(C)C)c3=O)=C(N3CCC(C)CC3)C2=O)cc1. The molecule has 3 heterocycles. The second kappa shape index (κ2) is 8.24. The van der Waals surface area contributed by atoms with Crippen LogP contribution in [-0.4, -0.2) is 46.7 Å². The highest BCUT2D eigenvalue weighted by molar-refractivity contribution is 6.45. The van der Waals surface area contributed by atoms with Crippen LogP contribution >= 0.6 is 0 Å². The van der Waals surface area contributed by atoms with Crippen LogP contribution in [0.2, 0.25) is 0 Å². The van der Waals surface area contributed by atoms with Gasteiger partial charge < -0.3 is 9.64 Å². The summed E-state index contributed by atoms with van der Waals surface area (Å²) < 4.78 is 6.74. The van der Waals surface area contributed by atoms with Gasteiger partial charge in [-0.25, -0.2) is 9.58 Å². The van der Waals surface area contributed by atoms with E-state index in [9.17, 15) is 14.4 Å². The predicted molar refractivity (Wildman–Crippen MR) is 127 cm³/mol. The molecule has 1 saturated heterocycles. The molecule has 8 heteroatoms. The van der Waals surface area contributed by atoms with Gasteiger partial charge >= 0.3 is 0 Å². The topological polar surface area (TPSA) is 87.6 Å². The second-order valence-electron chi connectivity index (χ2n) is 9.96. The Hall–Kier alpha value is -3.29. The van der Waals surface area contributed by atoms with Crippen molar-refractivity contribution in [1.82, 2.24) is 14.7 Å². The van der Waals surface area contributed by atoms with Crippen molar-refractivity contribution >= 4 is 23.1 Å². The van der Waals surface area contributed by atoms with Crippen molar-refractivity contribution in [2.24, 2.45) is 5.92 Å². The summed E-state index contributed by atoms with van der Waals surface area (Å²) in [4.78, 5) is 44.1. The molecule has 176 valence electrons. The quantitative estimate of drug-likeness (QED) is 0.720. The number of nitrogens with one attached hydrogen (secondary N) is 1. The van der Waals surface area contributed by atoms with Gasteiger partial charge in [0.1, 0.15) is 11.4 Å². The first-order valence-corrected chi connectivity index (χ1v) is 11.4. The number of hydrogen-bond acceptors (Lipinski definition) is 5. The van der Waals surface area contributed by atoms with E-state index in [2.05, 4.69) is 12.0 Å². The van der Waals surface area contributed by atoms with E-state index in [1.54, 1.807) is 38.3 Å². The maximum atomic E-state index is 13.8. The molecule has 0 saturated carbocycles. The van der Waals surface area contributed by atoms with Crippen molar-refractivity contribution in [3.63, 3.8) is 0 Å². The highest BCUT2D eigenvalue weighted by Gasteiger charge is 2.45. The van der Waals surface area contributed by atoms with E-state index in [0.717, 1.165) is 12.8 Å². The first-order chi connectivity index (χ1) is 15.5. The van der Waals surface area contributed by atoms with E-state index < -0.39 is 17.4 Å². The molecule has 4 rings (SSSR count). The van der Waals surface area contributed by atoms with Crippen molar-refractivity contribution < 1.29 is 14.3 Å². The van der Waals surface area contributed by atoms with Crippen LogP contribution in [0.15, 0.2) is 34.8 Å². The Balaban J connectivity index is 1.88. The van der Waals surface area contributed by atoms with Crippen LogP contribution in [0.5, 0.6) is 5.75 Å². The number of rotatable bonds is 4. The van der Waals surface area contributed by atoms with Gasteiger partial charge in [-0.15, -0.1) is 0 Å². The van der Waals surface area contributed by atoms with Gasteiger partial charge in [0.05, 0.1) is 29.5 Å². The monoisotopic (exact) mass is 452 g/mol. The lowest BCUT2D eigenvalue weighted by molar-refractivity contribution is -0.120. The Kier molecular flexibility index (Phi) is 5.72. The molecule has 1 aromatic carbocycles. The Bertz CT molecular complexity index is 1170. The van der Waals surface area contributed by atoms with Crippen LogP contribution in [0, 0.1) is 12.8 Å². The summed E-state index contributed by atoms with van der Waals surface area (Å²) in [6.07, 6.45) is 1.86. The van der Waals surface area contributed by atoms with Gasteiger partial charge in [0.2, 0.25) is 0 Å². The number of carbonyl (C=O) groups is 2. The summed E-state index contributed by atoms with van der Waals surface area (Å²) in [5, 5.41) is 3.12. The molecule has 0 atom stereocenters. The zero-order valence-electron chi connectivity index (χ0n) is 20.2. The van der Waals surface area contributed by atoms with Gasteiger partial charge in [-0.2, -0.15) is 0 Å². The molecule has 33 heavy (non-hydrogen) atoms. The van der Waals surface area contributed by atoms with Crippen LogP contribution in [0.25, 0.3) is 5.57 Å². The van der Waals surface area contributed by atoms with E-state index in [4.69, 9.17) is 4.74 Å². The van der Waals surface area contributed by atoms with Crippen molar-refractivity contribution in [3.8, 4) is 5.75 Å². The van der Waals surface area contributed by atoms with Crippen LogP contribution in [0.3, 0.4) is 0 Å². The molecule has 2 amide bonds. The number of carbonyl (C=O) groups excluding carboxylic acids is 2. The zero-order valence-corrected chi connectivity index (χ0v) is 20.2. The number of methoxy groups -OCH3 is 1. The molecule has 0 radical (unpaired) electrons. The zero-order chi connectivity index (χ0) is 24.1. The molecule has 0 aliphatic carbocycles. The average molecular weight is 453 g/mol. The van der Waals surface area contributed by atoms with Crippen LogP contribution in [-0.2, 0) is 15.1 Å². The molecule has 1 fully saturated rings. The lowest BCUT2D eigenvalue weighted by Gasteiger charge is -2.32. The maximum absolute atomic E-state index is 13.8. The maximum Gasteiger partial charge on any atom is 0.282 e. The minimum Gasteiger partial charge on any atom is -0.497 e. The van der Waals surface area contributed by atoms with Crippen molar-refractivity contribution in [2.75, 3.05) is 25.1 Å². The second-order valence-corrected chi connectivity index (χ2v) is 9.96. The molecule has 1 N–H and O–H groups in total. The van der Waals surface area contributed by atoms with Gasteiger partial charge in [0.25, 0.3) is 17.4 Å². The van der Waals surface area contributed by atoms with Crippen molar-refractivity contribution in [1.29, 1.82) is 0 Å². The highest BCUT2D eigenvalue weighted by Crippen LogP contribution is 2.37. The van der Waals surface area contributed by atoms with Gasteiger partial charge in [-0.3, -0.25) is 19.5 Å². The largest absolute Gasteiger partial charge is 0.497 e.